The van der Waals surface area contributed by atoms with Crippen molar-refractivity contribution in [2.45, 2.75) is 19.8 Å². The molecule has 5 nitrogen and oxygen atoms in total. The maximum atomic E-state index is 13.1. The molecular formula is C15H16ClFN4O. The molecule has 1 aromatic carbocycles. The monoisotopic (exact) mass is 322 g/mol. The predicted molar refractivity (Wildman–Crippen MR) is 84.0 cm³/mol. The van der Waals surface area contributed by atoms with Crippen LogP contribution in [0.15, 0.2) is 30.6 Å². The molecule has 0 saturated heterocycles. The maximum Gasteiger partial charge on any atom is 0.271 e. The SMILES string of the molecule is CCCCNC(=O)c1cnc(Nc2ccc(F)c(Cl)c2)cn1. The number of halogens is 2. The molecule has 0 aliphatic carbocycles. The zero-order valence-electron chi connectivity index (χ0n) is 12.1. The first-order valence-electron chi connectivity index (χ1n) is 6.92. The standard InChI is InChI=1S/C15H16ClFN4O/c1-2-3-6-18-15(22)13-8-20-14(9-19-13)21-10-4-5-12(17)11(16)7-10/h4-5,7-9H,2-3,6H2,1H3,(H,18,22)(H,20,21). The third-order valence-electron chi connectivity index (χ3n) is 2.89. The van der Waals surface area contributed by atoms with Gasteiger partial charge in [0.15, 0.2) is 0 Å². The second-order valence-electron chi connectivity index (χ2n) is 4.65. The Hall–Kier alpha value is -2.21. The summed E-state index contributed by atoms with van der Waals surface area (Å²) in [6, 6.07) is 4.24. The van der Waals surface area contributed by atoms with E-state index in [0.717, 1.165) is 12.8 Å². The molecule has 0 saturated carbocycles. The van der Waals surface area contributed by atoms with Gasteiger partial charge in [0.25, 0.3) is 5.91 Å². The van der Waals surface area contributed by atoms with Crippen molar-refractivity contribution in [3.05, 3.63) is 47.1 Å². The van der Waals surface area contributed by atoms with Crippen LogP contribution in [-0.4, -0.2) is 22.4 Å². The number of carbonyl (C=O) groups is 1. The average Bonchev–Trinajstić information content (AvgIpc) is 2.52. The van der Waals surface area contributed by atoms with Crippen LogP contribution in [0.25, 0.3) is 0 Å². The van der Waals surface area contributed by atoms with Gasteiger partial charge in [0, 0.05) is 12.2 Å². The second-order valence-corrected chi connectivity index (χ2v) is 5.06. The third kappa shape index (κ3) is 4.39. The smallest absolute Gasteiger partial charge is 0.271 e. The van der Waals surface area contributed by atoms with Gasteiger partial charge in [0.2, 0.25) is 0 Å². The van der Waals surface area contributed by atoms with Crippen LogP contribution in [0.1, 0.15) is 30.3 Å². The molecule has 0 aliphatic heterocycles. The summed E-state index contributed by atoms with van der Waals surface area (Å²) < 4.78 is 13.1. The highest BCUT2D eigenvalue weighted by atomic mass is 35.5. The number of aromatic nitrogens is 2. The van der Waals surface area contributed by atoms with E-state index in [1.807, 2.05) is 6.92 Å². The van der Waals surface area contributed by atoms with Crippen molar-refractivity contribution in [2.24, 2.45) is 0 Å². The lowest BCUT2D eigenvalue weighted by Crippen LogP contribution is -2.25. The van der Waals surface area contributed by atoms with Crippen molar-refractivity contribution in [3.63, 3.8) is 0 Å². The van der Waals surface area contributed by atoms with Gasteiger partial charge in [0.1, 0.15) is 17.3 Å². The molecule has 0 radical (unpaired) electrons. The molecule has 1 heterocycles. The molecule has 0 atom stereocenters. The number of hydrogen-bond acceptors (Lipinski definition) is 4. The van der Waals surface area contributed by atoms with Crippen molar-refractivity contribution in [3.8, 4) is 0 Å². The largest absolute Gasteiger partial charge is 0.351 e. The van der Waals surface area contributed by atoms with Gasteiger partial charge < -0.3 is 10.6 Å². The summed E-state index contributed by atoms with van der Waals surface area (Å²) in [5, 5.41) is 5.71. The van der Waals surface area contributed by atoms with E-state index in [4.69, 9.17) is 11.6 Å². The lowest BCUT2D eigenvalue weighted by Gasteiger charge is -2.07. The number of rotatable bonds is 6. The fraction of sp³-hybridized carbons (Fsp3) is 0.267. The van der Waals surface area contributed by atoms with E-state index >= 15 is 0 Å². The van der Waals surface area contributed by atoms with E-state index in [2.05, 4.69) is 20.6 Å². The second kappa shape index (κ2) is 7.70. The summed E-state index contributed by atoms with van der Waals surface area (Å²) >= 11 is 5.70. The predicted octanol–water partition coefficient (Wildman–Crippen LogP) is 3.54. The zero-order chi connectivity index (χ0) is 15.9. The summed E-state index contributed by atoms with van der Waals surface area (Å²) in [4.78, 5) is 19.9. The summed E-state index contributed by atoms with van der Waals surface area (Å²) in [7, 11) is 0. The number of hydrogen-bond donors (Lipinski definition) is 2. The Morgan fingerprint density at radius 1 is 1.32 bits per heavy atom. The molecule has 7 heteroatoms. The quantitative estimate of drug-likeness (QED) is 0.798. The zero-order valence-corrected chi connectivity index (χ0v) is 12.8. The molecule has 1 aromatic heterocycles. The van der Waals surface area contributed by atoms with Gasteiger partial charge in [-0.05, 0) is 24.6 Å². The Bertz CT molecular complexity index is 648. The minimum Gasteiger partial charge on any atom is -0.351 e. The van der Waals surface area contributed by atoms with E-state index in [1.54, 1.807) is 0 Å². The summed E-state index contributed by atoms with van der Waals surface area (Å²) in [5.74, 6) is -0.303. The molecule has 1 amide bonds. The highest BCUT2D eigenvalue weighted by Gasteiger charge is 2.07. The van der Waals surface area contributed by atoms with Crippen molar-refractivity contribution in [2.75, 3.05) is 11.9 Å². The number of carbonyl (C=O) groups excluding carboxylic acids is 1. The van der Waals surface area contributed by atoms with E-state index in [9.17, 15) is 9.18 Å². The summed E-state index contributed by atoms with van der Waals surface area (Å²) in [6.07, 6.45) is 4.75. The van der Waals surface area contributed by atoms with Crippen LogP contribution < -0.4 is 10.6 Å². The van der Waals surface area contributed by atoms with Crippen LogP contribution in [0.5, 0.6) is 0 Å². The summed E-state index contributed by atoms with van der Waals surface area (Å²) in [6.45, 7) is 2.67. The van der Waals surface area contributed by atoms with E-state index < -0.39 is 5.82 Å². The fourth-order valence-corrected chi connectivity index (χ4v) is 1.88. The van der Waals surface area contributed by atoms with Crippen LogP contribution in [-0.2, 0) is 0 Å². The van der Waals surface area contributed by atoms with Gasteiger partial charge in [-0.3, -0.25) is 4.79 Å². The number of anilines is 2. The molecule has 0 aliphatic rings. The van der Waals surface area contributed by atoms with Crippen LogP contribution in [0.3, 0.4) is 0 Å². The van der Waals surface area contributed by atoms with E-state index in [0.29, 0.717) is 18.1 Å². The van der Waals surface area contributed by atoms with Crippen molar-refractivity contribution >= 4 is 29.0 Å². The lowest BCUT2D eigenvalue weighted by atomic mass is 10.3. The molecule has 0 spiro atoms. The van der Waals surface area contributed by atoms with Crippen LogP contribution in [0, 0.1) is 5.82 Å². The first-order valence-corrected chi connectivity index (χ1v) is 7.30. The first kappa shape index (κ1) is 16.2. The van der Waals surface area contributed by atoms with Gasteiger partial charge in [-0.1, -0.05) is 24.9 Å². The Balaban J connectivity index is 1.99. The minimum atomic E-state index is -0.489. The van der Waals surface area contributed by atoms with Crippen molar-refractivity contribution < 1.29 is 9.18 Å². The van der Waals surface area contributed by atoms with Gasteiger partial charge in [-0.15, -0.1) is 0 Å². The Morgan fingerprint density at radius 2 is 2.14 bits per heavy atom. The molecule has 2 aromatic rings. The Kier molecular flexibility index (Phi) is 5.66. The topological polar surface area (TPSA) is 66.9 Å². The minimum absolute atomic E-state index is 0.0184. The molecular weight excluding hydrogens is 307 g/mol. The van der Waals surface area contributed by atoms with Crippen LogP contribution >= 0.6 is 11.6 Å². The average molecular weight is 323 g/mol. The fourth-order valence-electron chi connectivity index (χ4n) is 1.70. The van der Waals surface area contributed by atoms with Crippen molar-refractivity contribution in [1.82, 2.24) is 15.3 Å². The Labute approximate surface area is 132 Å². The van der Waals surface area contributed by atoms with Gasteiger partial charge in [-0.2, -0.15) is 0 Å². The van der Waals surface area contributed by atoms with Crippen LogP contribution in [0.4, 0.5) is 15.9 Å². The lowest BCUT2D eigenvalue weighted by molar-refractivity contribution is 0.0948. The van der Waals surface area contributed by atoms with Gasteiger partial charge in [0.05, 0.1) is 17.4 Å². The molecule has 2 N–H and O–H groups in total. The summed E-state index contributed by atoms with van der Waals surface area (Å²) in [5.41, 5.74) is 0.833. The third-order valence-corrected chi connectivity index (χ3v) is 3.18. The Morgan fingerprint density at radius 3 is 2.77 bits per heavy atom. The van der Waals surface area contributed by atoms with E-state index in [1.165, 1.54) is 30.6 Å². The highest BCUT2D eigenvalue weighted by Crippen LogP contribution is 2.21. The molecule has 0 unspecified atom stereocenters. The molecule has 116 valence electrons. The maximum absolute atomic E-state index is 13.1. The normalized spacial score (nSPS) is 10.3. The first-order chi connectivity index (χ1) is 10.6. The molecule has 0 fully saturated rings. The van der Waals surface area contributed by atoms with E-state index in [-0.39, 0.29) is 16.6 Å². The number of nitrogens with one attached hydrogen (secondary N) is 2. The molecule has 0 bridgehead atoms. The number of benzene rings is 1. The van der Waals surface area contributed by atoms with Gasteiger partial charge in [-0.25, -0.2) is 14.4 Å². The van der Waals surface area contributed by atoms with Crippen LogP contribution in [0.2, 0.25) is 5.02 Å². The number of nitrogens with zero attached hydrogens (tertiary/aromatic N) is 2. The van der Waals surface area contributed by atoms with Crippen molar-refractivity contribution in [1.29, 1.82) is 0 Å². The van der Waals surface area contributed by atoms with Gasteiger partial charge >= 0.3 is 0 Å². The molecule has 22 heavy (non-hydrogen) atoms. The highest BCUT2D eigenvalue weighted by molar-refractivity contribution is 6.31. The molecule has 2 rings (SSSR count). The number of unbranched alkanes of at least 4 members (excludes halogenated alkanes) is 1. The number of amides is 1.